The number of hydrogen-bond donors (Lipinski definition) is 1. The quantitative estimate of drug-likeness (QED) is 0.666. The molecular formula is C22H21ClN4O2. The molecular weight excluding hydrogens is 388 g/mol. The van der Waals surface area contributed by atoms with Gasteiger partial charge in [0.15, 0.2) is 17.3 Å². The molecule has 0 fully saturated rings. The van der Waals surface area contributed by atoms with E-state index in [9.17, 15) is 0 Å². The van der Waals surface area contributed by atoms with Gasteiger partial charge in [0.2, 0.25) is 0 Å². The predicted octanol–water partition coefficient (Wildman–Crippen LogP) is 4.87. The molecule has 1 aliphatic rings. The molecule has 4 rings (SSSR count). The summed E-state index contributed by atoms with van der Waals surface area (Å²) in [5, 5.41) is 8.22. The van der Waals surface area contributed by atoms with E-state index in [-0.39, 0.29) is 6.04 Å². The first kappa shape index (κ1) is 19.2. The van der Waals surface area contributed by atoms with E-state index in [4.69, 9.17) is 21.2 Å². The highest BCUT2D eigenvalue weighted by molar-refractivity contribution is 6.30. The third kappa shape index (κ3) is 4.32. The molecule has 0 aliphatic carbocycles. The number of rotatable bonds is 4. The van der Waals surface area contributed by atoms with Crippen molar-refractivity contribution in [2.75, 3.05) is 6.61 Å². The highest BCUT2D eigenvalue weighted by Crippen LogP contribution is 2.28. The number of aromatic nitrogens is 2. The Morgan fingerprint density at radius 1 is 1.14 bits per heavy atom. The van der Waals surface area contributed by atoms with Gasteiger partial charge in [-0.2, -0.15) is 0 Å². The number of amidine groups is 1. The molecule has 1 atom stereocenters. The Labute approximate surface area is 174 Å². The van der Waals surface area contributed by atoms with Crippen molar-refractivity contribution in [2.45, 2.75) is 26.8 Å². The molecule has 0 amide bonds. The second-order valence-corrected chi connectivity index (χ2v) is 7.42. The summed E-state index contributed by atoms with van der Waals surface area (Å²) in [6.07, 6.45) is 1.63. The summed E-state index contributed by atoms with van der Waals surface area (Å²) in [6, 6.07) is 13.5. The average Bonchev–Trinajstić information content (AvgIpc) is 2.69. The molecule has 2 aromatic carbocycles. The van der Waals surface area contributed by atoms with E-state index >= 15 is 0 Å². The number of ether oxygens (including phenoxy) is 1. The summed E-state index contributed by atoms with van der Waals surface area (Å²) in [5.41, 5.74) is 4.11. The van der Waals surface area contributed by atoms with E-state index < -0.39 is 0 Å². The molecule has 2 heterocycles. The van der Waals surface area contributed by atoms with Gasteiger partial charge in [-0.3, -0.25) is 0 Å². The summed E-state index contributed by atoms with van der Waals surface area (Å²) >= 11 is 6.07. The minimum Gasteiger partial charge on any atom is -0.453 e. The van der Waals surface area contributed by atoms with Gasteiger partial charge in [0, 0.05) is 5.02 Å². The van der Waals surface area contributed by atoms with Gasteiger partial charge in [0.25, 0.3) is 0 Å². The fourth-order valence-corrected chi connectivity index (χ4v) is 3.45. The SMILES string of the molecule is Cc1ccc([C@@H]2CON=C(c3nc(C)ncc3Oc3cccc(Cl)c3)N2)c(C)c1. The van der Waals surface area contributed by atoms with Gasteiger partial charge in [0.1, 0.15) is 18.2 Å². The Hall–Kier alpha value is -3.12. The van der Waals surface area contributed by atoms with E-state index in [0.717, 1.165) is 5.56 Å². The molecule has 3 aromatic rings. The van der Waals surface area contributed by atoms with Gasteiger partial charge >= 0.3 is 0 Å². The number of oxime groups is 1. The van der Waals surface area contributed by atoms with Crippen molar-refractivity contribution in [1.29, 1.82) is 0 Å². The topological polar surface area (TPSA) is 68.6 Å². The molecule has 0 saturated heterocycles. The zero-order valence-corrected chi connectivity index (χ0v) is 17.2. The Morgan fingerprint density at radius 2 is 2.00 bits per heavy atom. The molecule has 6 nitrogen and oxygen atoms in total. The van der Waals surface area contributed by atoms with Crippen molar-refractivity contribution in [3.05, 3.63) is 81.9 Å². The van der Waals surface area contributed by atoms with Gasteiger partial charge in [-0.15, -0.1) is 0 Å². The molecule has 0 saturated carbocycles. The highest BCUT2D eigenvalue weighted by Gasteiger charge is 2.25. The van der Waals surface area contributed by atoms with Crippen LogP contribution in [-0.4, -0.2) is 22.4 Å². The van der Waals surface area contributed by atoms with Crippen LogP contribution in [0.25, 0.3) is 0 Å². The van der Waals surface area contributed by atoms with Gasteiger partial charge in [-0.1, -0.05) is 46.6 Å². The maximum atomic E-state index is 6.07. The van der Waals surface area contributed by atoms with E-state index in [1.54, 1.807) is 18.3 Å². The van der Waals surface area contributed by atoms with Crippen LogP contribution in [0.3, 0.4) is 0 Å². The second-order valence-electron chi connectivity index (χ2n) is 6.98. The van der Waals surface area contributed by atoms with Gasteiger partial charge in [0.05, 0.1) is 12.2 Å². The van der Waals surface area contributed by atoms with Crippen LogP contribution in [-0.2, 0) is 4.84 Å². The van der Waals surface area contributed by atoms with Crippen molar-refractivity contribution >= 4 is 17.4 Å². The van der Waals surface area contributed by atoms with Crippen LogP contribution >= 0.6 is 11.6 Å². The van der Waals surface area contributed by atoms with Crippen molar-refractivity contribution in [3.8, 4) is 11.5 Å². The number of nitrogens with zero attached hydrogens (tertiary/aromatic N) is 3. The molecule has 148 valence electrons. The Kier molecular flexibility index (Phi) is 5.36. The van der Waals surface area contributed by atoms with Crippen LogP contribution in [0.4, 0.5) is 0 Å². The first-order valence-corrected chi connectivity index (χ1v) is 9.68. The minimum absolute atomic E-state index is 0.0441. The maximum absolute atomic E-state index is 6.07. The Morgan fingerprint density at radius 3 is 2.79 bits per heavy atom. The Bertz CT molecular complexity index is 1080. The zero-order chi connectivity index (χ0) is 20.4. The number of benzene rings is 2. The third-order valence-corrected chi connectivity index (χ3v) is 4.87. The summed E-state index contributed by atoms with van der Waals surface area (Å²) in [6.45, 7) is 6.43. The van der Waals surface area contributed by atoms with Crippen LogP contribution < -0.4 is 10.1 Å². The summed E-state index contributed by atoms with van der Waals surface area (Å²) < 4.78 is 5.99. The van der Waals surface area contributed by atoms with Crippen LogP contribution in [0.5, 0.6) is 11.5 Å². The lowest BCUT2D eigenvalue weighted by molar-refractivity contribution is 0.109. The maximum Gasteiger partial charge on any atom is 0.196 e. The van der Waals surface area contributed by atoms with Crippen LogP contribution in [0.1, 0.15) is 34.3 Å². The van der Waals surface area contributed by atoms with E-state index in [1.165, 1.54) is 11.1 Å². The lowest BCUT2D eigenvalue weighted by Gasteiger charge is -2.26. The average molecular weight is 409 g/mol. The van der Waals surface area contributed by atoms with E-state index in [0.29, 0.717) is 40.5 Å². The number of hydrogen-bond acceptors (Lipinski definition) is 6. The van der Waals surface area contributed by atoms with Crippen LogP contribution in [0.2, 0.25) is 5.02 Å². The number of halogens is 1. The minimum atomic E-state index is -0.0441. The van der Waals surface area contributed by atoms with Crippen molar-refractivity contribution < 1.29 is 9.57 Å². The van der Waals surface area contributed by atoms with Crippen molar-refractivity contribution in [3.63, 3.8) is 0 Å². The van der Waals surface area contributed by atoms with Crippen LogP contribution in [0, 0.1) is 20.8 Å². The predicted molar refractivity (Wildman–Crippen MR) is 113 cm³/mol. The first-order chi connectivity index (χ1) is 14.0. The lowest BCUT2D eigenvalue weighted by Crippen LogP contribution is -2.37. The first-order valence-electron chi connectivity index (χ1n) is 9.30. The fourth-order valence-electron chi connectivity index (χ4n) is 3.27. The lowest BCUT2D eigenvalue weighted by atomic mass is 9.99. The summed E-state index contributed by atoms with van der Waals surface area (Å²) in [5.74, 6) is 2.17. The molecule has 7 heteroatoms. The normalized spacial score (nSPS) is 15.9. The van der Waals surface area contributed by atoms with Crippen molar-refractivity contribution in [2.24, 2.45) is 5.16 Å². The molecule has 1 aromatic heterocycles. The standard InChI is InChI=1S/C22H21ClN4O2/c1-13-7-8-18(14(2)9-13)19-12-28-27-22(26-19)21-20(11-24-15(3)25-21)29-17-6-4-5-16(23)10-17/h4-11,19H,12H2,1-3H3,(H,26,27)/t19-/m0/s1. The zero-order valence-electron chi connectivity index (χ0n) is 16.4. The molecule has 0 bridgehead atoms. The second kappa shape index (κ2) is 8.09. The molecule has 1 aliphatic heterocycles. The van der Waals surface area contributed by atoms with E-state index in [1.807, 2.05) is 19.1 Å². The number of aryl methyl sites for hydroxylation is 3. The Balaban J connectivity index is 1.65. The monoisotopic (exact) mass is 408 g/mol. The third-order valence-electron chi connectivity index (χ3n) is 4.63. The molecule has 0 radical (unpaired) electrons. The summed E-state index contributed by atoms with van der Waals surface area (Å²) in [7, 11) is 0. The van der Waals surface area contributed by atoms with Gasteiger partial charge < -0.3 is 14.9 Å². The largest absolute Gasteiger partial charge is 0.453 e. The van der Waals surface area contributed by atoms with E-state index in [2.05, 4.69) is 52.5 Å². The van der Waals surface area contributed by atoms with Crippen LogP contribution in [0.15, 0.2) is 53.8 Å². The molecule has 1 N–H and O–H groups in total. The van der Waals surface area contributed by atoms with Gasteiger partial charge in [-0.05, 0) is 50.1 Å². The molecule has 0 unspecified atom stereocenters. The summed E-state index contributed by atoms with van der Waals surface area (Å²) in [4.78, 5) is 14.3. The van der Waals surface area contributed by atoms with Crippen molar-refractivity contribution in [1.82, 2.24) is 15.3 Å². The molecule has 0 spiro atoms. The highest BCUT2D eigenvalue weighted by atomic mass is 35.5. The number of nitrogens with one attached hydrogen (secondary N) is 1. The molecule has 29 heavy (non-hydrogen) atoms. The smallest absolute Gasteiger partial charge is 0.196 e. The van der Waals surface area contributed by atoms with Gasteiger partial charge in [-0.25, -0.2) is 9.97 Å². The fraction of sp³-hybridized carbons (Fsp3) is 0.227.